The first-order chi connectivity index (χ1) is 11.6. The first-order valence-electron chi connectivity index (χ1n) is 7.91. The van der Waals surface area contributed by atoms with Crippen LogP contribution in [0.2, 0.25) is 0 Å². The molecule has 0 radical (unpaired) electrons. The highest BCUT2D eigenvalue weighted by atomic mass is 16.5. The fraction of sp³-hybridized carbons (Fsp3) is 0.263. The molecule has 1 aliphatic rings. The second-order valence-corrected chi connectivity index (χ2v) is 5.91. The lowest BCUT2D eigenvalue weighted by atomic mass is 10.3. The number of benzene rings is 2. The third-order valence-electron chi connectivity index (χ3n) is 3.87. The molecular weight excluding hydrogens is 306 g/mol. The summed E-state index contributed by atoms with van der Waals surface area (Å²) in [6.07, 6.45) is 0.851. The van der Waals surface area contributed by atoms with Crippen LogP contribution in [0, 0.1) is 11.8 Å². The van der Waals surface area contributed by atoms with Crippen molar-refractivity contribution in [2.75, 3.05) is 11.9 Å². The second kappa shape index (κ2) is 7.17. The van der Waals surface area contributed by atoms with Gasteiger partial charge in [0.25, 0.3) is 5.91 Å². The number of carbonyl (C=O) groups is 2. The molecule has 5 nitrogen and oxygen atoms in total. The summed E-state index contributed by atoms with van der Waals surface area (Å²) in [5.74, 6) is 1.12. The lowest BCUT2D eigenvalue weighted by Crippen LogP contribution is -2.21. The third kappa shape index (κ3) is 4.35. The minimum Gasteiger partial charge on any atom is -0.457 e. The maximum absolute atomic E-state index is 11.8. The zero-order valence-corrected chi connectivity index (χ0v) is 13.4. The molecule has 2 aromatic carbocycles. The minimum atomic E-state index is -0.353. The van der Waals surface area contributed by atoms with Gasteiger partial charge in [0.1, 0.15) is 11.5 Å². The van der Waals surface area contributed by atoms with Crippen LogP contribution in [-0.2, 0) is 14.3 Å². The quantitative estimate of drug-likeness (QED) is 0.824. The topological polar surface area (TPSA) is 64.6 Å². The average molecular weight is 325 g/mol. The van der Waals surface area contributed by atoms with Crippen molar-refractivity contribution < 1.29 is 19.1 Å². The van der Waals surface area contributed by atoms with E-state index >= 15 is 0 Å². The van der Waals surface area contributed by atoms with Gasteiger partial charge in [0.15, 0.2) is 6.61 Å². The van der Waals surface area contributed by atoms with Crippen LogP contribution in [0.5, 0.6) is 11.5 Å². The fourth-order valence-electron chi connectivity index (χ4n) is 2.32. The summed E-state index contributed by atoms with van der Waals surface area (Å²) < 4.78 is 10.7. The predicted molar refractivity (Wildman–Crippen MR) is 89.8 cm³/mol. The second-order valence-electron chi connectivity index (χ2n) is 5.91. The molecule has 0 aromatic heterocycles. The zero-order valence-electron chi connectivity index (χ0n) is 13.4. The number of ether oxygens (including phenoxy) is 2. The lowest BCUT2D eigenvalue weighted by molar-refractivity contribution is -0.148. The smallest absolute Gasteiger partial charge is 0.309 e. The normalized spacial score (nSPS) is 18.5. The molecule has 1 fully saturated rings. The van der Waals surface area contributed by atoms with Crippen molar-refractivity contribution in [3.63, 3.8) is 0 Å². The van der Waals surface area contributed by atoms with Crippen LogP contribution in [0.25, 0.3) is 0 Å². The predicted octanol–water partition coefficient (Wildman–Crippen LogP) is 3.62. The van der Waals surface area contributed by atoms with Crippen LogP contribution in [0.1, 0.15) is 13.3 Å². The molecular formula is C19H19NO4. The molecule has 2 unspecified atom stereocenters. The SMILES string of the molecule is CC1CC1C(=O)OCC(=O)Nc1ccc(Oc2ccccc2)cc1. The number of hydrogen-bond acceptors (Lipinski definition) is 4. The average Bonchev–Trinajstić information content (AvgIpc) is 3.32. The molecule has 2 atom stereocenters. The maximum atomic E-state index is 11.8. The molecule has 0 saturated heterocycles. The third-order valence-corrected chi connectivity index (χ3v) is 3.87. The number of rotatable bonds is 6. The van der Waals surface area contributed by atoms with E-state index in [0.717, 1.165) is 12.2 Å². The van der Waals surface area contributed by atoms with E-state index < -0.39 is 0 Å². The highest BCUT2D eigenvalue weighted by Gasteiger charge is 2.40. The molecule has 124 valence electrons. The van der Waals surface area contributed by atoms with Gasteiger partial charge in [-0.25, -0.2) is 0 Å². The lowest BCUT2D eigenvalue weighted by Gasteiger charge is -2.08. The fourth-order valence-corrected chi connectivity index (χ4v) is 2.32. The Hall–Kier alpha value is -2.82. The molecule has 3 rings (SSSR count). The minimum absolute atomic E-state index is 0.0350. The van der Waals surface area contributed by atoms with Crippen LogP contribution < -0.4 is 10.1 Å². The Bertz CT molecular complexity index is 712. The Balaban J connectivity index is 1.47. The Morgan fingerprint density at radius 2 is 1.67 bits per heavy atom. The number of esters is 1. The zero-order chi connectivity index (χ0) is 16.9. The Morgan fingerprint density at radius 1 is 1.04 bits per heavy atom. The summed E-state index contributed by atoms with van der Waals surface area (Å²) in [6.45, 7) is 1.73. The molecule has 0 bridgehead atoms. The van der Waals surface area contributed by atoms with Gasteiger partial charge in [-0.1, -0.05) is 25.1 Å². The number of amides is 1. The molecule has 0 spiro atoms. The maximum Gasteiger partial charge on any atom is 0.309 e. The number of anilines is 1. The van der Waals surface area contributed by atoms with E-state index in [9.17, 15) is 9.59 Å². The van der Waals surface area contributed by atoms with Crippen molar-refractivity contribution in [2.45, 2.75) is 13.3 Å². The van der Waals surface area contributed by atoms with Crippen molar-refractivity contribution in [3.05, 3.63) is 54.6 Å². The standard InChI is InChI=1S/C19H19NO4/c1-13-11-17(13)19(22)23-12-18(21)20-14-7-9-16(10-8-14)24-15-5-3-2-4-6-15/h2-10,13,17H,11-12H2,1H3,(H,20,21). The molecule has 5 heteroatoms. The van der Waals surface area contributed by atoms with E-state index in [1.807, 2.05) is 37.3 Å². The van der Waals surface area contributed by atoms with Gasteiger partial charge < -0.3 is 14.8 Å². The van der Waals surface area contributed by atoms with Gasteiger partial charge in [0.2, 0.25) is 0 Å². The Morgan fingerprint density at radius 3 is 2.29 bits per heavy atom. The van der Waals surface area contributed by atoms with Gasteiger partial charge >= 0.3 is 5.97 Å². The first-order valence-corrected chi connectivity index (χ1v) is 7.91. The van der Waals surface area contributed by atoms with Crippen LogP contribution in [0.4, 0.5) is 5.69 Å². The molecule has 1 N–H and O–H groups in total. The Labute approximate surface area is 140 Å². The van der Waals surface area contributed by atoms with Gasteiger partial charge in [0, 0.05) is 5.69 Å². The van der Waals surface area contributed by atoms with Gasteiger partial charge in [-0.2, -0.15) is 0 Å². The molecule has 0 heterocycles. The van der Waals surface area contributed by atoms with Crippen molar-refractivity contribution in [3.8, 4) is 11.5 Å². The van der Waals surface area contributed by atoms with E-state index in [1.54, 1.807) is 24.3 Å². The molecule has 2 aromatic rings. The highest BCUT2D eigenvalue weighted by Crippen LogP contribution is 2.38. The molecule has 0 aliphatic heterocycles. The summed E-state index contributed by atoms with van der Waals surface area (Å²) >= 11 is 0. The number of para-hydroxylation sites is 1. The number of carbonyl (C=O) groups excluding carboxylic acids is 2. The van der Waals surface area contributed by atoms with E-state index in [2.05, 4.69) is 5.32 Å². The summed E-state index contributed by atoms with van der Waals surface area (Å²) in [7, 11) is 0. The highest BCUT2D eigenvalue weighted by molar-refractivity contribution is 5.93. The largest absolute Gasteiger partial charge is 0.457 e. The molecule has 1 saturated carbocycles. The van der Waals surface area contributed by atoms with Gasteiger partial charge in [0.05, 0.1) is 5.92 Å². The van der Waals surface area contributed by atoms with Crippen molar-refractivity contribution in [1.29, 1.82) is 0 Å². The van der Waals surface area contributed by atoms with E-state index in [-0.39, 0.29) is 24.4 Å². The summed E-state index contributed by atoms with van der Waals surface area (Å²) in [6, 6.07) is 16.4. The van der Waals surface area contributed by atoms with Crippen molar-refractivity contribution in [1.82, 2.24) is 0 Å². The monoisotopic (exact) mass is 325 g/mol. The van der Waals surface area contributed by atoms with E-state index in [1.165, 1.54) is 0 Å². The number of nitrogens with one attached hydrogen (secondary N) is 1. The summed E-state index contributed by atoms with van der Waals surface area (Å²) in [5, 5.41) is 2.69. The van der Waals surface area contributed by atoms with Crippen molar-refractivity contribution >= 4 is 17.6 Å². The molecule has 1 aliphatic carbocycles. The molecule has 24 heavy (non-hydrogen) atoms. The molecule has 1 amide bonds. The summed E-state index contributed by atoms with van der Waals surface area (Å²) in [5.41, 5.74) is 0.622. The van der Waals surface area contributed by atoms with Gasteiger partial charge in [-0.3, -0.25) is 9.59 Å². The van der Waals surface area contributed by atoms with Crippen LogP contribution >= 0.6 is 0 Å². The van der Waals surface area contributed by atoms with Gasteiger partial charge in [-0.05, 0) is 48.7 Å². The number of hydrogen-bond donors (Lipinski definition) is 1. The van der Waals surface area contributed by atoms with E-state index in [4.69, 9.17) is 9.47 Å². The summed E-state index contributed by atoms with van der Waals surface area (Å²) in [4.78, 5) is 23.4. The van der Waals surface area contributed by atoms with Crippen LogP contribution in [0.15, 0.2) is 54.6 Å². The van der Waals surface area contributed by atoms with Gasteiger partial charge in [-0.15, -0.1) is 0 Å². The Kier molecular flexibility index (Phi) is 4.79. The first kappa shape index (κ1) is 16.1. The van der Waals surface area contributed by atoms with Crippen LogP contribution in [-0.4, -0.2) is 18.5 Å². The van der Waals surface area contributed by atoms with E-state index in [0.29, 0.717) is 17.4 Å². The van der Waals surface area contributed by atoms with Crippen LogP contribution in [0.3, 0.4) is 0 Å². The van der Waals surface area contributed by atoms with Crippen molar-refractivity contribution in [2.24, 2.45) is 11.8 Å².